The van der Waals surface area contributed by atoms with Crippen LogP contribution in [-0.4, -0.2) is 72.8 Å². The van der Waals surface area contributed by atoms with E-state index in [1.165, 1.54) is 0 Å². The van der Waals surface area contributed by atoms with Crippen molar-refractivity contribution in [3.63, 3.8) is 0 Å². The number of nitrogens with zero attached hydrogens (tertiary/aromatic N) is 2. The topological polar surface area (TPSA) is 95.2 Å². The summed E-state index contributed by atoms with van der Waals surface area (Å²) in [6.45, 7) is 2.02. The predicted molar refractivity (Wildman–Crippen MR) is 122 cm³/mol. The number of halogens is 4. The smallest absolute Gasteiger partial charge is 0.481 e. The van der Waals surface area contributed by atoms with E-state index in [4.69, 9.17) is 4.74 Å². The molecule has 204 valence electrons. The Labute approximate surface area is 211 Å². The Hall–Kier alpha value is -2.64. The zero-order chi connectivity index (χ0) is 26.2. The van der Waals surface area contributed by atoms with Crippen LogP contribution in [0.15, 0.2) is 18.2 Å². The molecule has 3 heterocycles. The monoisotopic (exact) mass is 529 g/mol. The second-order valence-corrected chi connectivity index (χ2v) is 10.3. The summed E-state index contributed by atoms with van der Waals surface area (Å²) in [6.07, 6.45) is -0.747. The first kappa shape index (κ1) is 26.0. The number of carbonyl (C=O) groups excluding carboxylic acids is 2. The fraction of sp³-hybridized carbons (Fsp3) is 0.667. The first-order valence-corrected chi connectivity index (χ1v) is 12.7. The Morgan fingerprint density at radius 2 is 1.68 bits per heavy atom. The number of likely N-dealkylation sites (tertiary alicyclic amines) is 2. The van der Waals surface area contributed by atoms with E-state index >= 15 is 0 Å². The van der Waals surface area contributed by atoms with Crippen LogP contribution in [0.2, 0.25) is 0 Å². The van der Waals surface area contributed by atoms with E-state index in [-0.39, 0.29) is 29.5 Å². The molecule has 1 aromatic carbocycles. The van der Waals surface area contributed by atoms with Gasteiger partial charge in [0.1, 0.15) is 5.75 Å². The van der Waals surface area contributed by atoms with Gasteiger partial charge in [0.25, 0.3) is 5.91 Å². The first-order valence-electron chi connectivity index (χ1n) is 12.7. The van der Waals surface area contributed by atoms with Gasteiger partial charge in [-0.1, -0.05) is 0 Å². The average Bonchev–Trinajstić information content (AvgIpc) is 3.44. The molecule has 37 heavy (non-hydrogen) atoms. The van der Waals surface area contributed by atoms with Gasteiger partial charge >= 0.3 is 6.36 Å². The number of benzene rings is 1. The van der Waals surface area contributed by atoms with Crippen molar-refractivity contribution in [3.8, 4) is 11.5 Å². The summed E-state index contributed by atoms with van der Waals surface area (Å²) in [5.74, 6) is -1.47. The summed E-state index contributed by atoms with van der Waals surface area (Å²) in [5, 5.41) is 0. The molecule has 4 fully saturated rings. The molecule has 3 unspecified atom stereocenters. The quantitative estimate of drug-likeness (QED) is 0.502. The molecule has 0 bridgehead atoms. The van der Waals surface area contributed by atoms with Crippen LogP contribution >= 0.6 is 0 Å². The minimum atomic E-state index is -4.93. The third-order valence-electron chi connectivity index (χ3n) is 7.98. The Morgan fingerprint density at radius 3 is 2.35 bits per heavy atom. The van der Waals surface area contributed by atoms with Crippen LogP contribution in [0.3, 0.4) is 0 Å². The maximum atomic E-state index is 14.1. The summed E-state index contributed by atoms with van der Waals surface area (Å²) in [4.78, 5) is 29.6. The number of rotatable bonds is 5. The van der Waals surface area contributed by atoms with Gasteiger partial charge in [0.15, 0.2) is 18.2 Å². The number of hydrazine groups is 2. The molecule has 5 atom stereocenters. The molecule has 0 radical (unpaired) electrons. The van der Waals surface area contributed by atoms with Crippen LogP contribution in [0, 0.1) is 23.6 Å². The van der Waals surface area contributed by atoms with Gasteiger partial charge in [0.2, 0.25) is 5.91 Å². The molecule has 2 amide bonds. The van der Waals surface area contributed by atoms with E-state index in [1.807, 2.05) is 4.90 Å². The second kappa shape index (κ2) is 10.6. The molecule has 3 N–H and O–H groups in total. The van der Waals surface area contributed by atoms with Crippen molar-refractivity contribution in [2.75, 3.05) is 32.8 Å². The first-order chi connectivity index (χ1) is 17.7. The van der Waals surface area contributed by atoms with Gasteiger partial charge in [-0.2, -0.15) is 5.53 Å². The normalized spacial score (nSPS) is 29.9. The number of ether oxygens (including phenoxy) is 2. The van der Waals surface area contributed by atoms with E-state index in [9.17, 15) is 27.2 Å². The van der Waals surface area contributed by atoms with Crippen LogP contribution in [0.25, 0.3) is 0 Å². The Morgan fingerprint density at radius 1 is 0.973 bits per heavy atom. The Bertz CT molecular complexity index is 996. The SMILES string of the molecule is O=C(COc1ccc(OC(F)(F)F)cc1F)N1CC[C@@H]2CN(C(=O)C3CCC4NNNC4C3)C[C@@H]2CC1. The van der Waals surface area contributed by atoms with Gasteiger partial charge in [0.05, 0.1) is 0 Å². The molecule has 5 rings (SSSR count). The average molecular weight is 530 g/mol. The number of hydrogen-bond acceptors (Lipinski definition) is 7. The summed E-state index contributed by atoms with van der Waals surface area (Å²) < 4.78 is 59.9. The van der Waals surface area contributed by atoms with Crippen molar-refractivity contribution in [1.82, 2.24) is 26.2 Å². The molecular weight excluding hydrogens is 498 g/mol. The van der Waals surface area contributed by atoms with Gasteiger partial charge < -0.3 is 19.3 Å². The number of alkyl halides is 3. The van der Waals surface area contributed by atoms with Crippen LogP contribution in [0.5, 0.6) is 11.5 Å². The highest BCUT2D eigenvalue weighted by molar-refractivity contribution is 5.79. The highest BCUT2D eigenvalue weighted by Gasteiger charge is 2.42. The molecule has 3 saturated heterocycles. The Balaban J connectivity index is 1.08. The van der Waals surface area contributed by atoms with E-state index < -0.39 is 24.5 Å². The zero-order valence-electron chi connectivity index (χ0n) is 20.2. The third-order valence-corrected chi connectivity index (χ3v) is 7.98. The number of nitrogens with one attached hydrogen (secondary N) is 3. The lowest BCUT2D eigenvalue weighted by Crippen LogP contribution is -2.45. The molecule has 0 aromatic heterocycles. The molecule has 4 aliphatic rings. The maximum absolute atomic E-state index is 14.1. The molecule has 0 spiro atoms. The van der Waals surface area contributed by atoms with E-state index in [1.54, 1.807) is 4.90 Å². The van der Waals surface area contributed by atoms with Crippen LogP contribution in [0.1, 0.15) is 32.1 Å². The van der Waals surface area contributed by atoms with Crippen molar-refractivity contribution in [1.29, 1.82) is 0 Å². The molecule has 3 aliphatic heterocycles. The Kier molecular flexibility index (Phi) is 7.46. The summed E-state index contributed by atoms with van der Waals surface area (Å²) in [5.41, 5.74) is 9.34. The number of fused-ring (bicyclic) bond motifs is 2. The summed E-state index contributed by atoms with van der Waals surface area (Å²) in [6, 6.07) is 3.12. The summed E-state index contributed by atoms with van der Waals surface area (Å²) >= 11 is 0. The largest absolute Gasteiger partial charge is 0.573 e. The molecule has 13 heteroatoms. The molecule has 1 saturated carbocycles. The van der Waals surface area contributed by atoms with E-state index in [0.29, 0.717) is 50.1 Å². The van der Waals surface area contributed by atoms with Gasteiger partial charge in [-0.15, -0.1) is 13.2 Å². The molecular formula is C24H31F4N5O4. The predicted octanol–water partition coefficient (Wildman–Crippen LogP) is 1.95. The zero-order valence-corrected chi connectivity index (χ0v) is 20.2. The molecule has 9 nitrogen and oxygen atoms in total. The van der Waals surface area contributed by atoms with Crippen LogP contribution in [0.4, 0.5) is 17.6 Å². The van der Waals surface area contributed by atoms with Crippen molar-refractivity contribution in [2.45, 2.75) is 50.6 Å². The lowest BCUT2D eigenvalue weighted by Gasteiger charge is -2.32. The van der Waals surface area contributed by atoms with Gasteiger partial charge in [-0.25, -0.2) is 15.2 Å². The second-order valence-electron chi connectivity index (χ2n) is 10.3. The standard InChI is InChI=1S/C24H31F4N5O4/c25-18-10-17(37-24(26,27)28)2-4-21(18)36-13-22(34)32-7-5-15-11-33(12-16(15)6-8-32)23(35)14-1-3-19-20(9-14)30-31-29-19/h2,4,10,14-16,19-20,29-31H,1,3,5-9,11-13H2/t14?,15-,16+,19?,20?. The van der Waals surface area contributed by atoms with Gasteiger partial charge in [-0.05, 0) is 56.1 Å². The van der Waals surface area contributed by atoms with Crippen LogP contribution in [-0.2, 0) is 9.59 Å². The molecule has 1 aliphatic carbocycles. The maximum Gasteiger partial charge on any atom is 0.573 e. The van der Waals surface area contributed by atoms with Crippen LogP contribution < -0.4 is 25.9 Å². The fourth-order valence-corrected chi connectivity index (χ4v) is 6.02. The van der Waals surface area contributed by atoms with Crippen molar-refractivity contribution in [2.24, 2.45) is 17.8 Å². The van der Waals surface area contributed by atoms with Gasteiger partial charge in [-0.3, -0.25) is 9.59 Å². The van der Waals surface area contributed by atoms with E-state index in [0.717, 1.165) is 44.2 Å². The highest BCUT2D eigenvalue weighted by Crippen LogP contribution is 2.35. The number of amides is 2. The number of hydrogen-bond donors (Lipinski definition) is 3. The highest BCUT2D eigenvalue weighted by atomic mass is 19.4. The van der Waals surface area contributed by atoms with Crippen molar-refractivity contribution in [3.05, 3.63) is 24.0 Å². The number of carbonyl (C=O) groups is 2. The minimum Gasteiger partial charge on any atom is -0.481 e. The fourth-order valence-electron chi connectivity index (χ4n) is 6.02. The van der Waals surface area contributed by atoms with Gasteiger partial charge in [0, 0.05) is 50.2 Å². The minimum absolute atomic E-state index is 0.0301. The summed E-state index contributed by atoms with van der Waals surface area (Å²) in [7, 11) is 0. The van der Waals surface area contributed by atoms with E-state index in [2.05, 4.69) is 21.1 Å². The molecule has 1 aromatic rings. The lowest BCUT2D eigenvalue weighted by atomic mass is 9.82. The van der Waals surface area contributed by atoms with Crippen molar-refractivity contribution < 1.29 is 36.6 Å². The van der Waals surface area contributed by atoms with Crippen molar-refractivity contribution >= 4 is 11.8 Å². The lowest BCUT2D eigenvalue weighted by molar-refractivity contribution is -0.274. The third kappa shape index (κ3) is 6.10.